The molecule has 162 valence electrons. The lowest BCUT2D eigenvalue weighted by Gasteiger charge is -2.11. The normalized spacial score (nSPS) is 10.7. The van der Waals surface area contributed by atoms with Gasteiger partial charge in [0.1, 0.15) is 0 Å². The van der Waals surface area contributed by atoms with Crippen molar-refractivity contribution in [3.8, 4) is 22.7 Å². The van der Waals surface area contributed by atoms with E-state index in [0.717, 1.165) is 28.6 Å². The topological polar surface area (TPSA) is 97.0 Å². The molecule has 1 N–H and O–H groups in total. The van der Waals surface area contributed by atoms with Gasteiger partial charge < -0.3 is 9.32 Å². The Bertz CT molecular complexity index is 1210. The van der Waals surface area contributed by atoms with Crippen molar-refractivity contribution in [2.45, 2.75) is 5.22 Å². The molecule has 4 aromatic rings. The zero-order valence-electron chi connectivity index (χ0n) is 17.3. The molecule has 2 aromatic carbocycles. The van der Waals surface area contributed by atoms with Gasteiger partial charge in [-0.15, -0.1) is 10.2 Å². The number of halogens is 1. The number of carbonyl (C=O) groups is 1. The molecule has 0 aliphatic heterocycles. The van der Waals surface area contributed by atoms with E-state index in [1.165, 1.54) is 0 Å². The molecule has 4 rings (SSSR count). The van der Waals surface area contributed by atoms with Crippen LogP contribution < -0.4 is 10.2 Å². The zero-order valence-corrected chi connectivity index (χ0v) is 18.9. The summed E-state index contributed by atoms with van der Waals surface area (Å²) in [6.45, 7) is 0. The first-order valence-corrected chi connectivity index (χ1v) is 11.0. The van der Waals surface area contributed by atoms with Gasteiger partial charge in [-0.25, -0.2) is 9.97 Å². The molecule has 0 saturated heterocycles. The van der Waals surface area contributed by atoms with Crippen molar-refractivity contribution in [3.05, 3.63) is 65.8 Å². The largest absolute Gasteiger partial charge is 0.411 e. The van der Waals surface area contributed by atoms with Crippen molar-refractivity contribution < 1.29 is 9.21 Å². The lowest BCUT2D eigenvalue weighted by atomic mass is 10.1. The number of rotatable bonds is 7. The van der Waals surface area contributed by atoms with Gasteiger partial charge in [0, 0.05) is 42.1 Å². The quantitative estimate of drug-likeness (QED) is 0.393. The van der Waals surface area contributed by atoms with Crippen LogP contribution in [-0.4, -0.2) is 45.9 Å². The Balaban J connectivity index is 1.35. The standard InChI is InChI=1S/C22H19ClN6O2S/c1-29(2)17-9-5-15(6-10-17)20-27-28-22(31-20)32-13-19(30)26-21-24-12-11-18(25-21)14-3-7-16(23)8-4-14/h3-12H,13H2,1-2H3,(H,24,25,26,30). The number of nitrogens with one attached hydrogen (secondary N) is 1. The number of anilines is 2. The Morgan fingerprint density at radius 3 is 2.47 bits per heavy atom. The van der Waals surface area contributed by atoms with Crippen LogP contribution in [0.15, 0.2) is 70.4 Å². The molecule has 0 fully saturated rings. The molecular weight excluding hydrogens is 448 g/mol. The average molecular weight is 467 g/mol. The highest BCUT2D eigenvalue weighted by atomic mass is 35.5. The van der Waals surface area contributed by atoms with E-state index in [4.69, 9.17) is 16.0 Å². The summed E-state index contributed by atoms with van der Waals surface area (Å²) in [5, 5.41) is 11.7. The van der Waals surface area contributed by atoms with Gasteiger partial charge in [-0.05, 0) is 42.5 Å². The van der Waals surface area contributed by atoms with Crippen molar-refractivity contribution in [1.82, 2.24) is 20.2 Å². The molecule has 0 spiro atoms. The lowest BCUT2D eigenvalue weighted by molar-refractivity contribution is -0.113. The molecule has 0 bridgehead atoms. The van der Waals surface area contributed by atoms with Crippen molar-refractivity contribution in [1.29, 1.82) is 0 Å². The maximum absolute atomic E-state index is 12.3. The van der Waals surface area contributed by atoms with E-state index < -0.39 is 0 Å². The minimum Gasteiger partial charge on any atom is -0.411 e. The third kappa shape index (κ3) is 5.43. The van der Waals surface area contributed by atoms with Crippen LogP contribution in [0.3, 0.4) is 0 Å². The van der Waals surface area contributed by atoms with Gasteiger partial charge in [0.25, 0.3) is 5.22 Å². The lowest BCUT2D eigenvalue weighted by Crippen LogP contribution is -2.16. The molecule has 10 heteroatoms. The fraction of sp³-hybridized carbons (Fsp3) is 0.136. The molecule has 0 aliphatic rings. The molecule has 1 amide bonds. The van der Waals surface area contributed by atoms with Crippen molar-refractivity contribution in [2.24, 2.45) is 0 Å². The van der Waals surface area contributed by atoms with E-state index in [2.05, 4.69) is 25.5 Å². The van der Waals surface area contributed by atoms with Gasteiger partial charge >= 0.3 is 0 Å². The Morgan fingerprint density at radius 1 is 1.03 bits per heavy atom. The van der Waals surface area contributed by atoms with Crippen LogP contribution in [0.1, 0.15) is 0 Å². The van der Waals surface area contributed by atoms with Gasteiger partial charge in [0.2, 0.25) is 17.7 Å². The zero-order chi connectivity index (χ0) is 22.5. The molecule has 0 unspecified atom stereocenters. The fourth-order valence-electron chi connectivity index (χ4n) is 2.78. The number of carbonyl (C=O) groups excluding carboxylic acids is 1. The highest BCUT2D eigenvalue weighted by Gasteiger charge is 2.13. The number of amides is 1. The first-order chi connectivity index (χ1) is 15.5. The number of benzene rings is 2. The van der Waals surface area contributed by atoms with Gasteiger partial charge in [0.05, 0.1) is 11.4 Å². The predicted octanol–water partition coefficient (Wildman–Crippen LogP) is 4.64. The summed E-state index contributed by atoms with van der Waals surface area (Å²) >= 11 is 7.07. The van der Waals surface area contributed by atoms with Crippen LogP contribution in [-0.2, 0) is 4.79 Å². The number of aromatic nitrogens is 4. The van der Waals surface area contributed by atoms with Crippen LogP contribution in [0.2, 0.25) is 5.02 Å². The highest BCUT2D eigenvalue weighted by molar-refractivity contribution is 7.99. The number of hydrogen-bond acceptors (Lipinski definition) is 8. The van der Waals surface area contributed by atoms with Crippen molar-refractivity contribution in [3.63, 3.8) is 0 Å². The average Bonchev–Trinajstić information content (AvgIpc) is 3.28. The summed E-state index contributed by atoms with van der Waals surface area (Å²) < 4.78 is 5.66. The van der Waals surface area contributed by atoms with E-state index in [1.807, 2.05) is 55.4 Å². The molecule has 0 radical (unpaired) electrons. The Morgan fingerprint density at radius 2 is 1.75 bits per heavy atom. The first-order valence-electron chi connectivity index (χ1n) is 9.61. The summed E-state index contributed by atoms with van der Waals surface area (Å²) in [4.78, 5) is 22.8. The third-order valence-electron chi connectivity index (χ3n) is 4.41. The van der Waals surface area contributed by atoms with Crippen LogP contribution in [0.25, 0.3) is 22.7 Å². The van der Waals surface area contributed by atoms with Crippen LogP contribution in [0.5, 0.6) is 0 Å². The molecule has 2 heterocycles. The van der Waals surface area contributed by atoms with Crippen LogP contribution in [0, 0.1) is 0 Å². The predicted molar refractivity (Wildman–Crippen MR) is 126 cm³/mol. The Labute approximate surface area is 194 Å². The van der Waals surface area contributed by atoms with E-state index in [-0.39, 0.29) is 17.6 Å². The molecular formula is C22H19ClN6O2S. The second-order valence-electron chi connectivity index (χ2n) is 6.92. The fourth-order valence-corrected chi connectivity index (χ4v) is 3.46. The number of nitrogens with zero attached hydrogens (tertiary/aromatic N) is 5. The SMILES string of the molecule is CN(C)c1ccc(-c2nnc(SCC(=O)Nc3nccc(-c4ccc(Cl)cc4)n3)o2)cc1. The summed E-state index contributed by atoms with van der Waals surface area (Å²) in [7, 11) is 3.95. The van der Waals surface area contributed by atoms with Crippen LogP contribution >= 0.6 is 23.4 Å². The summed E-state index contributed by atoms with van der Waals surface area (Å²) in [6, 6.07) is 16.8. The monoisotopic (exact) mass is 466 g/mol. The molecule has 0 atom stereocenters. The second kappa shape index (κ2) is 9.80. The van der Waals surface area contributed by atoms with Gasteiger partial charge in [0.15, 0.2) is 0 Å². The summed E-state index contributed by atoms with van der Waals surface area (Å²) in [5.41, 5.74) is 3.44. The minimum atomic E-state index is -0.279. The summed E-state index contributed by atoms with van der Waals surface area (Å²) in [6.07, 6.45) is 1.59. The second-order valence-corrected chi connectivity index (χ2v) is 8.29. The van der Waals surface area contributed by atoms with Crippen molar-refractivity contribution in [2.75, 3.05) is 30.1 Å². The Kier molecular flexibility index (Phi) is 6.67. The Hall–Kier alpha value is -3.43. The minimum absolute atomic E-state index is 0.0791. The number of hydrogen-bond donors (Lipinski definition) is 1. The maximum atomic E-state index is 12.3. The van der Waals surface area contributed by atoms with Gasteiger partial charge in [-0.1, -0.05) is 35.5 Å². The smallest absolute Gasteiger partial charge is 0.277 e. The molecule has 0 aliphatic carbocycles. The van der Waals surface area contributed by atoms with E-state index in [1.54, 1.807) is 24.4 Å². The first kappa shape index (κ1) is 21.8. The summed E-state index contributed by atoms with van der Waals surface area (Å²) in [5.74, 6) is 0.418. The third-order valence-corrected chi connectivity index (χ3v) is 5.48. The molecule has 0 saturated carbocycles. The number of thioether (sulfide) groups is 1. The molecule has 32 heavy (non-hydrogen) atoms. The highest BCUT2D eigenvalue weighted by Crippen LogP contribution is 2.25. The van der Waals surface area contributed by atoms with Crippen LogP contribution in [0.4, 0.5) is 11.6 Å². The van der Waals surface area contributed by atoms with E-state index >= 15 is 0 Å². The van der Waals surface area contributed by atoms with E-state index in [0.29, 0.717) is 21.8 Å². The van der Waals surface area contributed by atoms with Gasteiger partial charge in [-0.3, -0.25) is 10.1 Å². The van der Waals surface area contributed by atoms with Gasteiger partial charge in [-0.2, -0.15) is 0 Å². The maximum Gasteiger partial charge on any atom is 0.277 e. The molecule has 2 aromatic heterocycles. The molecule has 8 nitrogen and oxygen atoms in total. The van der Waals surface area contributed by atoms with E-state index in [9.17, 15) is 4.79 Å². The van der Waals surface area contributed by atoms with Crippen molar-refractivity contribution >= 4 is 40.9 Å².